The Hall–Kier alpha value is -0.200. The molecule has 5 heteroatoms. The lowest BCUT2D eigenvalue weighted by Gasteiger charge is -2.27. The summed E-state index contributed by atoms with van der Waals surface area (Å²) in [6.45, 7) is 3.06. The summed E-state index contributed by atoms with van der Waals surface area (Å²) >= 11 is 0. The van der Waals surface area contributed by atoms with Gasteiger partial charge in [0.1, 0.15) is 5.60 Å². The molecule has 0 spiro atoms. The monoisotopic (exact) mass is 287 g/mol. The first-order valence-corrected chi connectivity index (χ1v) is 7.87. The van der Waals surface area contributed by atoms with E-state index in [0.29, 0.717) is 32.4 Å². The van der Waals surface area contributed by atoms with E-state index in [1.54, 1.807) is 7.11 Å². The van der Waals surface area contributed by atoms with Gasteiger partial charge < -0.3 is 24.6 Å². The minimum Gasteiger partial charge on any atom is -0.389 e. The molecule has 0 amide bonds. The molecular weight excluding hydrogens is 258 g/mol. The number of hydrogen-bond acceptors (Lipinski definition) is 5. The molecule has 20 heavy (non-hydrogen) atoms. The minimum atomic E-state index is -0.451. The minimum absolute atomic E-state index is 0.218. The third-order valence-corrected chi connectivity index (χ3v) is 4.40. The zero-order chi connectivity index (χ0) is 14.3. The molecule has 2 fully saturated rings. The van der Waals surface area contributed by atoms with Crippen molar-refractivity contribution in [2.45, 2.75) is 56.3 Å². The van der Waals surface area contributed by atoms with Gasteiger partial charge in [-0.25, -0.2) is 0 Å². The Morgan fingerprint density at radius 1 is 1.35 bits per heavy atom. The number of aliphatic hydroxyl groups is 1. The molecule has 0 aromatic carbocycles. The normalized spacial score (nSPS) is 29.7. The average Bonchev–Trinajstić information content (AvgIpc) is 2.96. The van der Waals surface area contributed by atoms with Crippen LogP contribution in [0.25, 0.3) is 0 Å². The predicted octanol–water partition coefficient (Wildman–Crippen LogP) is 1.09. The largest absolute Gasteiger partial charge is 0.389 e. The van der Waals surface area contributed by atoms with Crippen LogP contribution in [-0.2, 0) is 14.2 Å². The van der Waals surface area contributed by atoms with Crippen molar-refractivity contribution in [1.82, 2.24) is 5.32 Å². The van der Waals surface area contributed by atoms with Gasteiger partial charge in [0.2, 0.25) is 0 Å². The van der Waals surface area contributed by atoms with Crippen LogP contribution in [0.5, 0.6) is 0 Å². The third-order valence-electron chi connectivity index (χ3n) is 4.40. The van der Waals surface area contributed by atoms with Gasteiger partial charge in [0.05, 0.1) is 25.4 Å². The maximum absolute atomic E-state index is 9.95. The van der Waals surface area contributed by atoms with Gasteiger partial charge in [0.15, 0.2) is 0 Å². The lowest BCUT2D eigenvalue weighted by atomic mass is 9.98. The fraction of sp³-hybridized carbons (Fsp3) is 1.00. The summed E-state index contributed by atoms with van der Waals surface area (Å²) in [6, 6.07) is 0. The van der Waals surface area contributed by atoms with Crippen LogP contribution in [0, 0.1) is 0 Å². The van der Waals surface area contributed by atoms with Crippen LogP contribution in [0.4, 0.5) is 0 Å². The Morgan fingerprint density at radius 2 is 2.15 bits per heavy atom. The van der Waals surface area contributed by atoms with Crippen LogP contribution in [-0.4, -0.2) is 62.9 Å². The summed E-state index contributed by atoms with van der Waals surface area (Å²) in [5.41, 5.74) is -0.218. The van der Waals surface area contributed by atoms with Gasteiger partial charge in [-0.2, -0.15) is 0 Å². The predicted molar refractivity (Wildman–Crippen MR) is 76.9 cm³/mol. The lowest BCUT2D eigenvalue weighted by Crippen LogP contribution is -2.45. The third kappa shape index (κ3) is 4.97. The molecule has 2 atom stereocenters. The highest BCUT2D eigenvalue weighted by atomic mass is 16.5. The summed E-state index contributed by atoms with van der Waals surface area (Å²) in [7, 11) is 1.72. The van der Waals surface area contributed by atoms with Crippen molar-refractivity contribution in [3.05, 3.63) is 0 Å². The van der Waals surface area contributed by atoms with Gasteiger partial charge in [-0.1, -0.05) is 19.3 Å². The van der Waals surface area contributed by atoms with Crippen molar-refractivity contribution in [3.8, 4) is 0 Å². The maximum atomic E-state index is 9.95. The van der Waals surface area contributed by atoms with Crippen LogP contribution in [0.3, 0.4) is 0 Å². The number of nitrogens with one attached hydrogen (secondary N) is 1. The second kappa shape index (κ2) is 8.29. The van der Waals surface area contributed by atoms with E-state index in [2.05, 4.69) is 5.32 Å². The SMILES string of the molecule is COC1(CNCC(O)COC2CCCCC2)CCOC1. The van der Waals surface area contributed by atoms with E-state index in [1.807, 2.05) is 0 Å². The lowest BCUT2D eigenvalue weighted by molar-refractivity contribution is -0.0323. The number of methoxy groups -OCH3 is 1. The van der Waals surface area contributed by atoms with Gasteiger partial charge in [-0.05, 0) is 12.8 Å². The van der Waals surface area contributed by atoms with Crippen molar-refractivity contribution in [3.63, 3.8) is 0 Å². The summed E-state index contributed by atoms with van der Waals surface area (Å²) in [4.78, 5) is 0. The zero-order valence-electron chi connectivity index (χ0n) is 12.6. The van der Waals surface area contributed by atoms with Crippen LogP contribution in [0.1, 0.15) is 38.5 Å². The van der Waals surface area contributed by atoms with E-state index in [-0.39, 0.29) is 5.60 Å². The molecule has 0 aromatic heterocycles. The first-order valence-electron chi connectivity index (χ1n) is 7.87. The van der Waals surface area contributed by atoms with Crippen LogP contribution in [0.15, 0.2) is 0 Å². The van der Waals surface area contributed by atoms with E-state index >= 15 is 0 Å². The molecule has 1 aliphatic heterocycles. The van der Waals surface area contributed by atoms with Gasteiger partial charge in [0.25, 0.3) is 0 Å². The van der Waals surface area contributed by atoms with E-state index < -0.39 is 6.10 Å². The summed E-state index contributed by atoms with van der Waals surface area (Å²) in [5, 5.41) is 13.2. The van der Waals surface area contributed by atoms with Crippen LogP contribution in [0.2, 0.25) is 0 Å². The molecule has 1 heterocycles. The molecule has 2 rings (SSSR count). The molecule has 0 radical (unpaired) electrons. The standard InChI is InChI=1S/C15H29NO4/c1-18-15(7-8-19-12-15)11-16-9-13(17)10-20-14-5-3-2-4-6-14/h13-14,16-17H,2-12H2,1H3. The first kappa shape index (κ1) is 16.2. The Balaban J connectivity index is 1.56. The second-order valence-corrected chi connectivity index (χ2v) is 6.07. The second-order valence-electron chi connectivity index (χ2n) is 6.07. The molecule has 1 saturated heterocycles. The van der Waals surface area contributed by atoms with Crippen LogP contribution >= 0.6 is 0 Å². The fourth-order valence-electron chi connectivity index (χ4n) is 2.97. The van der Waals surface area contributed by atoms with Crippen LogP contribution < -0.4 is 5.32 Å². The Bertz CT molecular complexity index is 263. The van der Waals surface area contributed by atoms with E-state index in [0.717, 1.165) is 25.9 Å². The molecule has 0 bridgehead atoms. The average molecular weight is 287 g/mol. The molecule has 5 nitrogen and oxygen atoms in total. The zero-order valence-corrected chi connectivity index (χ0v) is 12.6. The highest BCUT2D eigenvalue weighted by Crippen LogP contribution is 2.22. The number of hydrogen-bond donors (Lipinski definition) is 2. The van der Waals surface area contributed by atoms with Gasteiger partial charge in [-0.3, -0.25) is 0 Å². The molecule has 2 unspecified atom stereocenters. The summed E-state index contributed by atoms with van der Waals surface area (Å²) in [5.74, 6) is 0. The maximum Gasteiger partial charge on any atom is 0.106 e. The van der Waals surface area contributed by atoms with E-state index in [9.17, 15) is 5.11 Å². The van der Waals surface area contributed by atoms with Gasteiger partial charge in [0, 0.05) is 33.2 Å². The van der Waals surface area contributed by atoms with Crippen molar-refractivity contribution < 1.29 is 19.3 Å². The quantitative estimate of drug-likeness (QED) is 0.700. The van der Waals surface area contributed by atoms with E-state index in [1.165, 1.54) is 19.3 Å². The van der Waals surface area contributed by atoms with E-state index in [4.69, 9.17) is 14.2 Å². The Labute approximate surface area is 122 Å². The molecule has 1 saturated carbocycles. The van der Waals surface area contributed by atoms with Crippen molar-refractivity contribution in [1.29, 1.82) is 0 Å². The van der Waals surface area contributed by atoms with Crippen molar-refractivity contribution in [2.24, 2.45) is 0 Å². The summed E-state index contributed by atoms with van der Waals surface area (Å²) in [6.07, 6.45) is 6.94. The first-order chi connectivity index (χ1) is 9.74. The molecule has 2 aliphatic rings. The number of aliphatic hydroxyl groups excluding tert-OH is 1. The highest BCUT2D eigenvalue weighted by molar-refractivity contribution is 4.87. The highest BCUT2D eigenvalue weighted by Gasteiger charge is 2.34. The van der Waals surface area contributed by atoms with Crippen molar-refractivity contribution >= 4 is 0 Å². The molecule has 1 aliphatic carbocycles. The van der Waals surface area contributed by atoms with Gasteiger partial charge in [-0.15, -0.1) is 0 Å². The van der Waals surface area contributed by atoms with Gasteiger partial charge >= 0.3 is 0 Å². The Kier molecular flexibility index (Phi) is 6.71. The number of rotatable bonds is 8. The molecule has 0 aromatic rings. The Morgan fingerprint density at radius 3 is 2.80 bits per heavy atom. The molecule has 118 valence electrons. The molecule has 2 N–H and O–H groups in total. The smallest absolute Gasteiger partial charge is 0.106 e. The van der Waals surface area contributed by atoms with Crippen molar-refractivity contribution in [2.75, 3.05) is 40.0 Å². The fourth-order valence-corrected chi connectivity index (χ4v) is 2.97. The summed E-state index contributed by atoms with van der Waals surface area (Å²) < 4.78 is 16.7. The topological polar surface area (TPSA) is 60.0 Å². The number of ether oxygens (including phenoxy) is 3. The molecular formula is C15H29NO4.